The van der Waals surface area contributed by atoms with Crippen molar-refractivity contribution in [2.75, 3.05) is 0 Å². The number of Topliss-reactive ketones (excluding diaryl/α,β-unsaturated/α-hetero) is 1. The summed E-state index contributed by atoms with van der Waals surface area (Å²) in [6, 6.07) is 5.41. The maximum absolute atomic E-state index is 12.6. The molecule has 1 nitrogen and oxygen atoms in total. The molecule has 0 bridgehead atoms. The second-order valence-electron chi connectivity index (χ2n) is 2.18. The number of carbonyl (C=O) groups excluding carboxylic acids is 1. The zero-order valence-corrected chi connectivity index (χ0v) is 8.27. The summed E-state index contributed by atoms with van der Waals surface area (Å²) in [6.07, 6.45) is 0. The van der Waals surface area contributed by atoms with Crippen molar-refractivity contribution < 1.29 is 9.18 Å². The highest BCUT2D eigenvalue weighted by atomic mass is 79.9. The lowest BCUT2D eigenvalue weighted by Gasteiger charge is -1.99. The average molecular weight is 251 g/mol. The molecule has 64 valence electrons. The second-order valence-corrected chi connectivity index (χ2v) is 4.05. The zero-order chi connectivity index (χ0) is 9.14. The van der Waals surface area contributed by atoms with Gasteiger partial charge in [0, 0.05) is 5.56 Å². The van der Waals surface area contributed by atoms with Crippen LogP contribution in [0, 0.1) is 5.82 Å². The van der Waals surface area contributed by atoms with Gasteiger partial charge in [-0.15, -0.1) is 11.6 Å². The van der Waals surface area contributed by atoms with Gasteiger partial charge in [-0.2, -0.15) is 0 Å². The summed E-state index contributed by atoms with van der Waals surface area (Å²) in [7, 11) is 0. The first kappa shape index (κ1) is 9.68. The van der Waals surface area contributed by atoms with Gasteiger partial charge in [0.05, 0.1) is 0 Å². The third kappa shape index (κ3) is 2.29. The quantitative estimate of drug-likeness (QED) is 0.583. The van der Waals surface area contributed by atoms with Crippen LogP contribution in [0.2, 0.25) is 0 Å². The Morgan fingerprint density at radius 3 is 2.75 bits per heavy atom. The van der Waals surface area contributed by atoms with E-state index >= 15 is 0 Å². The summed E-state index contributed by atoms with van der Waals surface area (Å²) < 4.78 is 11.8. The van der Waals surface area contributed by atoms with Gasteiger partial charge in [0.15, 0.2) is 10.1 Å². The highest BCUT2D eigenvalue weighted by molar-refractivity contribution is 9.10. The van der Waals surface area contributed by atoms with Crippen molar-refractivity contribution in [3.63, 3.8) is 0 Å². The van der Waals surface area contributed by atoms with E-state index in [-0.39, 0.29) is 11.3 Å². The minimum absolute atomic E-state index is 0.270. The lowest BCUT2D eigenvalue weighted by Crippen LogP contribution is -2.07. The molecule has 0 N–H and O–H groups in total. The molecule has 0 heterocycles. The molecule has 0 fully saturated rings. The molecular formula is C8H5BrClFO. The topological polar surface area (TPSA) is 17.1 Å². The predicted octanol–water partition coefficient (Wildman–Crippen LogP) is 2.97. The van der Waals surface area contributed by atoms with Crippen LogP contribution >= 0.6 is 27.5 Å². The molecular weight excluding hydrogens is 246 g/mol. The summed E-state index contributed by atoms with van der Waals surface area (Å²) >= 11 is 8.35. The second kappa shape index (κ2) is 4.01. The molecule has 0 saturated carbocycles. The van der Waals surface area contributed by atoms with Crippen LogP contribution in [-0.2, 0) is 0 Å². The first-order chi connectivity index (χ1) is 5.61. The van der Waals surface area contributed by atoms with Crippen LogP contribution in [0.15, 0.2) is 24.3 Å². The van der Waals surface area contributed by atoms with Gasteiger partial charge in [0.2, 0.25) is 0 Å². The summed E-state index contributed by atoms with van der Waals surface area (Å²) in [5.74, 6) is -0.776. The molecule has 0 saturated heterocycles. The van der Waals surface area contributed by atoms with Crippen molar-refractivity contribution in [2.45, 2.75) is 4.29 Å². The molecule has 0 aliphatic rings. The molecule has 1 unspecified atom stereocenters. The predicted molar refractivity (Wildman–Crippen MR) is 49.3 cm³/mol. The standard InChI is InChI=1S/C8H5BrClFO/c9-8(10)7(12)5-2-1-3-6(11)4-5/h1-4,8H. The van der Waals surface area contributed by atoms with Crippen LogP contribution in [-0.4, -0.2) is 10.1 Å². The molecule has 0 spiro atoms. The maximum atomic E-state index is 12.6. The van der Waals surface area contributed by atoms with Gasteiger partial charge in [0.1, 0.15) is 5.82 Å². The van der Waals surface area contributed by atoms with Crippen LogP contribution in [0.1, 0.15) is 10.4 Å². The minimum Gasteiger partial charge on any atom is -0.292 e. The van der Waals surface area contributed by atoms with E-state index in [2.05, 4.69) is 15.9 Å². The van der Waals surface area contributed by atoms with E-state index in [1.807, 2.05) is 0 Å². The van der Waals surface area contributed by atoms with Gasteiger partial charge >= 0.3 is 0 Å². The Morgan fingerprint density at radius 1 is 1.58 bits per heavy atom. The van der Waals surface area contributed by atoms with E-state index in [0.29, 0.717) is 0 Å². The Hall–Kier alpha value is -0.410. The molecule has 0 aliphatic heterocycles. The first-order valence-corrected chi connectivity index (χ1v) is 4.54. The molecule has 1 aromatic carbocycles. The van der Waals surface area contributed by atoms with Crippen LogP contribution in [0.25, 0.3) is 0 Å². The monoisotopic (exact) mass is 250 g/mol. The zero-order valence-electron chi connectivity index (χ0n) is 5.93. The highest BCUT2D eigenvalue weighted by Crippen LogP contribution is 2.14. The summed E-state index contributed by atoms with van der Waals surface area (Å²) in [6.45, 7) is 0. The summed E-state index contributed by atoms with van der Waals surface area (Å²) in [4.78, 5) is 11.2. The highest BCUT2D eigenvalue weighted by Gasteiger charge is 2.13. The Bertz CT molecular complexity index is 301. The van der Waals surface area contributed by atoms with Crippen LogP contribution < -0.4 is 0 Å². The number of ketones is 1. The Labute approximate surface area is 82.7 Å². The fourth-order valence-corrected chi connectivity index (χ4v) is 1.16. The lowest BCUT2D eigenvalue weighted by atomic mass is 10.1. The normalized spacial score (nSPS) is 12.6. The lowest BCUT2D eigenvalue weighted by molar-refractivity contribution is 0.101. The van der Waals surface area contributed by atoms with E-state index in [1.165, 1.54) is 18.2 Å². The Balaban J connectivity index is 2.96. The van der Waals surface area contributed by atoms with E-state index in [9.17, 15) is 9.18 Å². The molecule has 4 heteroatoms. The van der Waals surface area contributed by atoms with Crippen molar-refractivity contribution in [2.24, 2.45) is 0 Å². The molecule has 0 aliphatic carbocycles. The summed E-state index contributed by atoms with van der Waals surface area (Å²) in [5, 5.41) is 0. The Kier molecular flexibility index (Phi) is 3.23. The van der Waals surface area contributed by atoms with E-state index < -0.39 is 10.1 Å². The van der Waals surface area contributed by atoms with Crippen molar-refractivity contribution in [1.29, 1.82) is 0 Å². The third-order valence-corrected chi connectivity index (χ3v) is 1.92. The smallest absolute Gasteiger partial charge is 0.191 e. The number of carbonyl (C=O) groups is 1. The Morgan fingerprint density at radius 2 is 2.25 bits per heavy atom. The first-order valence-electron chi connectivity index (χ1n) is 3.19. The van der Waals surface area contributed by atoms with Gasteiger partial charge in [-0.05, 0) is 12.1 Å². The summed E-state index contributed by atoms with van der Waals surface area (Å²) in [5.41, 5.74) is 0.270. The third-order valence-electron chi connectivity index (χ3n) is 1.31. The number of halogens is 3. The van der Waals surface area contributed by atoms with Crippen LogP contribution in [0.5, 0.6) is 0 Å². The largest absolute Gasteiger partial charge is 0.292 e. The number of hydrogen-bond acceptors (Lipinski definition) is 1. The number of benzene rings is 1. The van der Waals surface area contributed by atoms with Crippen LogP contribution in [0.4, 0.5) is 4.39 Å². The number of rotatable bonds is 2. The molecule has 0 amide bonds. The van der Waals surface area contributed by atoms with Crippen molar-refractivity contribution in [1.82, 2.24) is 0 Å². The fraction of sp³-hybridized carbons (Fsp3) is 0.125. The molecule has 1 rings (SSSR count). The molecule has 0 radical (unpaired) electrons. The minimum atomic E-state index is -0.792. The van der Waals surface area contributed by atoms with Gasteiger partial charge in [0.25, 0.3) is 0 Å². The van der Waals surface area contributed by atoms with E-state index in [0.717, 1.165) is 6.07 Å². The van der Waals surface area contributed by atoms with Gasteiger partial charge in [-0.1, -0.05) is 28.1 Å². The van der Waals surface area contributed by atoms with Crippen molar-refractivity contribution in [3.8, 4) is 0 Å². The maximum Gasteiger partial charge on any atom is 0.191 e. The molecule has 12 heavy (non-hydrogen) atoms. The van der Waals surface area contributed by atoms with E-state index in [4.69, 9.17) is 11.6 Å². The van der Waals surface area contributed by atoms with Gasteiger partial charge < -0.3 is 0 Å². The van der Waals surface area contributed by atoms with Crippen LogP contribution in [0.3, 0.4) is 0 Å². The molecule has 0 aromatic heterocycles. The fourth-order valence-electron chi connectivity index (χ4n) is 0.768. The average Bonchev–Trinajstić information content (AvgIpc) is 2.03. The molecule has 1 aromatic rings. The SMILES string of the molecule is O=C(c1cccc(F)c1)C(Cl)Br. The number of hydrogen-bond donors (Lipinski definition) is 0. The van der Waals surface area contributed by atoms with E-state index in [1.54, 1.807) is 0 Å². The van der Waals surface area contributed by atoms with Gasteiger partial charge in [-0.3, -0.25) is 4.79 Å². The van der Waals surface area contributed by atoms with Crippen molar-refractivity contribution >= 4 is 33.3 Å². The number of alkyl halides is 2. The van der Waals surface area contributed by atoms with Gasteiger partial charge in [-0.25, -0.2) is 4.39 Å². The molecule has 1 atom stereocenters. The van der Waals surface area contributed by atoms with Crippen molar-refractivity contribution in [3.05, 3.63) is 35.6 Å².